The van der Waals surface area contributed by atoms with E-state index >= 15 is 0 Å². The summed E-state index contributed by atoms with van der Waals surface area (Å²) in [6.07, 6.45) is 2.78. The zero-order valence-corrected chi connectivity index (χ0v) is 13.7. The molecule has 24 heavy (non-hydrogen) atoms. The van der Waals surface area contributed by atoms with Crippen LogP contribution in [0.5, 0.6) is 0 Å². The lowest BCUT2D eigenvalue weighted by Crippen LogP contribution is -2.00. The first-order valence-electron chi connectivity index (χ1n) is 7.39. The molecule has 118 valence electrons. The normalized spacial score (nSPS) is 11.0. The van der Waals surface area contributed by atoms with E-state index in [1.54, 1.807) is 6.07 Å². The zero-order valence-electron chi connectivity index (χ0n) is 12.9. The Balaban J connectivity index is 2.10. The molecule has 0 aliphatic heterocycles. The lowest BCUT2D eigenvalue weighted by molar-refractivity contribution is 0.0603. The van der Waals surface area contributed by atoms with Gasteiger partial charge in [0.15, 0.2) is 6.29 Å². The van der Waals surface area contributed by atoms with Gasteiger partial charge in [-0.05, 0) is 29.7 Å². The topological polar surface area (TPSA) is 47.8 Å². The molecule has 0 amide bonds. The Hall–Kier alpha value is -2.92. The van der Waals surface area contributed by atoms with E-state index in [9.17, 15) is 9.59 Å². The van der Waals surface area contributed by atoms with Crippen LogP contribution in [-0.4, -0.2) is 23.8 Å². The Labute approximate surface area is 141 Å². The Morgan fingerprint density at radius 3 is 2.75 bits per heavy atom. The van der Waals surface area contributed by atoms with Gasteiger partial charge in [0.1, 0.15) is 0 Å². The maximum atomic E-state index is 12.3. The first-order valence-corrected chi connectivity index (χ1v) is 8.21. The second-order valence-corrected chi connectivity index (χ2v) is 6.49. The molecule has 4 rings (SSSR count). The van der Waals surface area contributed by atoms with Crippen molar-refractivity contribution in [3.63, 3.8) is 0 Å². The van der Waals surface area contributed by atoms with E-state index in [0.29, 0.717) is 10.4 Å². The van der Waals surface area contributed by atoms with E-state index in [0.717, 1.165) is 33.1 Å². The minimum absolute atomic E-state index is 0.373. The van der Waals surface area contributed by atoms with Crippen LogP contribution < -0.4 is 0 Å². The molecule has 0 fully saturated rings. The van der Waals surface area contributed by atoms with Crippen LogP contribution in [0.25, 0.3) is 26.9 Å². The molecule has 3 aromatic heterocycles. The third-order valence-electron chi connectivity index (χ3n) is 4.06. The highest BCUT2D eigenvalue weighted by molar-refractivity contribution is 7.17. The Bertz CT molecular complexity index is 1090. The van der Waals surface area contributed by atoms with E-state index in [4.69, 9.17) is 4.74 Å². The van der Waals surface area contributed by atoms with E-state index in [-0.39, 0.29) is 5.97 Å². The Morgan fingerprint density at radius 1 is 1.17 bits per heavy atom. The van der Waals surface area contributed by atoms with Crippen molar-refractivity contribution in [1.29, 1.82) is 0 Å². The monoisotopic (exact) mass is 335 g/mol. The van der Waals surface area contributed by atoms with Gasteiger partial charge in [-0.2, -0.15) is 0 Å². The fourth-order valence-electron chi connectivity index (χ4n) is 2.98. The van der Waals surface area contributed by atoms with Gasteiger partial charge in [-0.15, -0.1) is 11.3 Å². The summed E-state index contributed by atoms with van der Waals surface area (Å²) in [6, 6.07) is 15.4. The van der Waals surface area contributed by atoms with Gasteiger partial charge in [0.2, 0.25) is 0 Å². The highest BCUT2D eigenvalue weighted by atomic mass is 32.1. The summed E-state index contributed by atoms with van der Waals surface area (Å²) >= 11 is 1.40. The number of thiophene rings is 1. The molecule has 4 aromatic rings. The van der Waals surface area contributed by atoms with E-state index < -0.39 is 0 Å². The average Bonchev–Trinajstić information content (AvgIpc) is 3.25. The summed E-state index contributed by atoms with van der Waals surface area (Å²) in [5, 5.41) is 2.04. The maximum Gasteiger partial charge on any atom is 0.340 e. The van der Waals surface area contributed by atoms with E-state index in [1.807, 2.05) is 53.1 Å². The maximum absolute atomic E-state index is 12.3. The van der Waals surface area contributed by atoms with Crippen LogP contribution in [0.1, 0.15) is 20.0 Å². The molecule has 1 aromatic carbocycles. The molecular weight excluding hydrogens is 322 g/mol. The summed E-state index contributed by atoms with van der Waals surface area (Å²) in [5.74, 6) is -0.373. The number of methoxy groups -OCH3 is 1. The number of rotatable bonds is 3. The number of hydrogen-bond acceptors (Lipinski definition) is 4. The molecule has 0 radical (unpaired) electrons. The van der Waals surface area contributed by atoms with Gasteiger partial charge in [-0.3, -0.25) is 4.79 Å². The number of carbonyl (C=O) groups excluding carboxylic acids is 2. The van der Waals surface area contributed by atoms with Crippen LogP contribution in [0.4, 0.5) is 0 Å². The molecular formula is C19H13NO3S. The minimum Gasteiger partial charge on any atom is -0.465 e. The predicted octanol–water partition coefficient (Wildman–Crippen LogP) is 4.42. The molecule has 0 aliphatic rings. The molecule has 3 heterocycles. The molecule has 0 saturated carbocycles. The molecule has 0 aliphatic carbocycles. The number of ether oxygens (including phenoxy) is 1. The Morgan fingerprint density at radius 2 is 2.00 bits per heavy atom. The van der Waals surface area contributed by atoms with Crippen molar-refractivity contribution in [1.82, 2.24) is 4.40 Å². The van der Waals surface area contributed by atoms with Gasteiger partial charge in [0.05, 0.1) is 33.6 Å². The van der Waals surface area contributed by atoms with Crippen molar-refractivity contribution in [3.05, 3.63) is 65.2 Å². The molecule has 0 bridgehead atoms. The van der Waals surface area contributed by atoms with Crippen LogP contribution in [0.3, 0.4) is 0 Å². The van der Waals surface area contributed by atoms with Gasteiger partial charge < -0.3 is 9.14 Å². The number of esters is 1. The van der Waals surface area contributed by atoms with Crippen LogP contribution in [0.2, 0.25) is 0 Å². The van der Waals surface area contributed by atoms with Crippen molar-refractivity contribution in [2.75, 3.05) is 7.11 Å². The summed E-state index contributed by atoms with van der Waals surface area (Å²) in [7, 11) is 1.38. The molecule has 0 unspecified atom stereocenters. The van der Waals surface area contributed by atoms with Crippen molar-refractivity contribution in [2.24, 2.45) is 0 Å². The fraction of sp³-hybridized carbons (Fsp3) is 0.0526. The third-order valence-corrected chi connectivity index (χ3v) is 5.09. The highest BCUT2D eigenvalue weighted by Gasteiger charge is 2.19. The van der Waals surface area contributed by atoms with Gasteiger partial charge >= 0.3 is 5.97 Å². The summed E-state index contributed by atoms with van der Waals surface area (Å²) in [4.78, 5) is 24.8. The second kappa shape index (κ2) is 5.62. The number of aromatic nitrogens is 1. The number of benzene rings is 1. The Kier molecular flexibility index (Phi) is 3.43. The number of carbonyl (C=O) groups is 2. The molecule has 0 atom stereocenters. The largest absolute Gasteiger partial charge is 0.465 e. The second-order valence-electron chi connectivity index (χ2n) is 5.38. The number of fused-ring (bicyclic) bond motifs is 3. The van der Waals surface area contributed by atoms with Gasteiger partial charge in [-0.25, -0.2) is 4.79 Å². The standard InChI is InChI=1S/C19H13NO3S/c1-23-19(22)15-10-16(17-7-6-13(11-21)24-17)20-9-8-12-4-2-3-5-14(12)18(15)20/h2-11H,1H3. The van der Waals surface area contributed by atoms with E-state index in [2.05, 4.69) is 0 Å². The first kappa shape index (κ1) is 14.7. The number of pyridine rings is 1. The summed E-state index contributed by atoms with van der Waals surface area (Å²) < 4.78 is 6.94. The van der Waals surface area contributed by atoms with Crippen molar-refractivity contribution < 1.29 is 14.3 Å². The summed E-state index contributed by atoms with van der Waals surface area (Å²) in [6.45, 7) is 0. The zero-order chi connectivity index (χ0) is 16.7. The van der Waals surface area contributed by atoms with Crippen molar-refractivity contribution >= 4 is 39.9 Å². The van der Waals surface area contributed by atoms with Gasteiger partial charge in [0, 0.05) is 11.6 Å². The van der Waals surface area contributed by atoms with Gasteiger partial charge in [0.25, 0.3) is 0 Å². The van der Waals surface area contributed by atoms with E-state index in [1.165, 1.54) is 18.4 Å². The first-order chi connectivity index (χ1) is 11.7. The predicted molar refractivity (Wildman–Crippen MR) is 94.9 cm³/mol. The lowest BCUT2D eigenvalue weighted by atomic mass is 10.1. The van der Waals surface area contributed by atoms with Crippen LogP contribution in [-0.2, 0) is 4.74 Å². The average molecular weight is 335 g/mol. The number of hydrogen-bond donors (Lipinski definition) is 0. The number of nitrogens with zero attached hydrogens (tertiary/aromatic N) is 1. The fourth-order valence-corrected chi connectivity index (χ4v) is 3.81. The lowest BCUT2D eigenvalue weighted by Gasteiger charge is -2.05. The van der Waals surface area contributed by atoms with Crippen LogP contribution >= 0.6 is 11.3 Å². The quantitative estimate of drug-likeness (QED) is 0.411. The van der Waals surface area contributed by atoms with Gasteiger partial charge in [-0.1, -0.05) is 24.3 Å². The molecule has 0 N–H and O–H groups in total. The van der Waals surface area contributed by atoms with Crippen molar-refractivity contribution in [3.8, 4) is 10.6 Å². The van der Waals surface area contributed by atoms with Crippen LogP contribution in [0, 0.1) is 0 Å². The SMILES string of the molecule is COC(=O)c1cc(-c2ccc(C=O)s2)n2ccc3ccccc3c12. The van der Waals surface area contributed by atoms with Crippen molar-refractivity contribution in [2.45, 2.75) is 0 Å². The number of aldehydes is 1. The molecule has 0 spiro atoms. The molecule has 4 nitrogen and oxygen atoms in total. The van der Waals surface area contributed by atoms with Crippen LogP contribution in [0.15, 0.2) is 54.7 Å². The summed E-state index contributed by atoms with van der Waals surface area (Å²) in [5.41, 5.74) is 2.20. The third kappa shape index (κ3) is 2.13. The smallest absolute Gasteiger partial charge is 0.340 e. The molecule has 5 heteroatoms. The highest BCUT2D eigenvalue weighted by Crippen LogP contribution is 2.34. The minimum atomic E-state index is -0.373. The molecule has 0 saturated heterocycles.